The summed E-state index contributed by atoms with van der Waals surface area (Å²) in [7, 11) is 1.81. The molecule has 1 saturated heterocycles. The van der Waals surface area contributed by atoms with E-state index < -0.39 is 0 Å². The van der Waals surface area contributed by atoms with E-state index in [9.17, 15) is 0 Å². The first-order valence-corrected chi connectivity index (χ1v) is 7.79. The summed E-state index contributed by atoms with van der Waals surface area (Å²) in [6, 6.07) is 0. The molecule has 0 atom stereocenters. The maximum atomic E-state index is 4.56. The van der Waals surface area contributed by atoms with Gasteiger partial charge in [-0.15, -0.1) is 0 Å². The standard InChI is InChI=1S/C13H17N7S/c1-14-11-17-12(20-7-3-2-4-8-20)19-13(18-11)21-10-9-15-5-6-16-10/h5-6,9H,2-4,7-8H2,1H3,(H,14,17,18,19). The largest absolute Gasteiger partial charge is 0.357 e. The molecule has 110 valence electrons. The minimum absolute atomic E-state index is 0.581. The lowest BCUT2D eigenvalue weighted by atomic mass is 10.1. The van der Waals surface area contributed by atoms with Crippen molar-refractivity contribution in [3.05, 3.63) is 18.6 Å². The maximum absolute atomic E-state index is 4.56. The molecule has 0 saturated carbocycles. The Kier molecular flexibility index (Phi) is 4.44. The van der Waals surface area contributed by atoms with Gasteiger partial charge < -0.3 is 10.2 Å². The number of hydrogen-bond acceptors (Lipinski definition) is 8. The Hall–Kier alpha value is -1.96. The van der Waals surface area contributed by atoms with Crippen molar-refractivity contribution in [2.75, 3.05) is 30.4 Å². The third-order valence-corrected chi connectivity index (χ3v) is 3.99. The van der Waals surface area contributed by atoms with Gasteiger partial charge in [-0.05, 0) is 31.0 Å². The summed E-state index contributed by atoms with van der Waals surface area (Å²) in [4.78, 5) is 23.9. The molecule has 8 heteroatoms. The van der Waals surface area contributed by atoms with E-state index in [0.29, 0.717) is 11.1 Å². The molecule has 2 aromatic heterocycles. The summed E-state index contributed by atoms with van der Waals surface area (Å²) >= 11 is 1.39. The van der Waals surface area contributed by atoms with Gasteiger partial charge in [0.2, 0.25) is 17.1 Å². The van der Waals surface area contributed by atoms with E-state index in [1.807, 2.05) is 7.05 Å². The van der Waals surface area contributed by atoms with Crippen molar-refractivity contribution in [3.63, 3.8) is 0 Å². The molecule has 21 heavy (non-hydrogen) atoms. The molecule has 1 fully saturated rings. The van der Waals surface area contributed by atoms with Crippen molar-refractivity contribution in [2.24, 2.45) is 0 Å². The van der Waals surface area contributed by atoms with Crippen LogP contribution in [0.15, 0.2) is 28.8 Å². The van der Waals surface area contributed by atoms with Gasteiger partial charge in [-0.2, -0.15) is 15.0 Å². The summed E-state index contributed by atoms with van der Waals surface area (Å²) in [5, 5.41) is 4.40. The third-order valence-electron chi connectivity index (χ3n) is 3.20. The van der Waals surface area contributed by atoms with Crippen LogP contribution in [-0.2, 0) is 0 Å². The van der Waals surface area contributed by atoms with E-state index in [1.54, 1.807) is 18.6 Å². The van der Waals surface area contributed by atoms with Gasteiger partial charge in [-0.25, -0.2) is 4.98 Å². The van der Waals surface area contributed by atoms with Gasteiger partial charge in [-0.1, -0.05) is 0 Å². The lowest BCUT2D eigenvalue weighted by molar-refractivity contribution is 0.565. The maximum Gasteiger partial charge on any atom is 0.231 e. The molecule has 0 amide bonds. The zero-order valence-electron chi connectivity index (χ0n) is 11.9. The van der Waals surface area contributed by atoms with E-state index in [2.05, 4.69) is 35.1 Å². The van der Waals surface area contributed by atoms with Gasteiger partial charge >= 0.3 is 0 Å². The fourth-order valence-corrected chi connectivity index (χ4v) is 2.84. The molecule has 0 radical (unpaired) electrons. The summed E-state index contributed by atoms with van der Waals surface area (Å²) in [6.07, 6.45) is 8.67. The molecule has 3 heterocycles. The second kappa shape index (κ2) is 6.66. The average Bonchev–Trinajstić information content (AvgIpc) is 2.56. The van der Waals surface area contributed by atoms with Crippen LogP contribution in [0.1, 0.15) is 19.3 Å². The van der Waals surface area contributed by atoms with Crippen LogP contribution >= 0.6 is 11.8 Å². The zero-order chi connectivity index (χ0) is 14.5. The number of nitrogens with one attached hydrogen (secondary N) is 1. The second-order valence-electron chi connectivity index (χ2n) is 4.69. The smallest absolute Gasteiger partial charge is 0.231 e. The Morgan fingerprint density at radius 2 is 1.95 bits per heavy atom. The molecule has 1 N–H and O–H groups in total. The van der Waals surface area contributed by atoms with Gasteiger partial charge in [0.15, 0.2) is 0 Å². The van der Waals surface area contributed by atoms with E-state index in [0.717, 1.165) is 24.1 Å². The molecule has 2 aromatic rings. The minimum atomic E-state index is 0.581. The predicted octanol–water partition coefficient (Wildman–Crippen LogP) is 1.84. The first-order valence-electron chi connectivity index (χ1n) is 6.98. The molecule has 0 bridgehead atoms. The lowest BCUT2D eigenvalue weighted by Gasteiger charge is -2.26. The molecular weight excluding hydrogens is 286 g/mol. The molecule has 0 aromatic carbocycles. The van der Waals surface area contributed by atoms with Crippen LogP contribution in [0, 0.1) is 0 Å². The Morgan fingerprint density at radius 1 is 1.10 bits per heavy atom. The minimum Gasteiger partial charge on any atom is -0.357 e. The quantitative estimate of drug-likeness (QED) is 0.916. The van der Waals surface area contributed by atoms with E-state index in [1.165, 1.54) is 31.0 Å². The first-order chi connectivity index (χ1) is 10.3. The third kappa shape index (κ3) is 3.57. The second-order valence-corrected chi connectivity index (χ2v) is 5.67. The van der Waals surface area contributed by atoms with Crippen LogP contribution in [0.2, 0.25) is 0 Å². The van der Waals surface area contributed by atoms with E-state index in [4.69, 9.17) is 0 Å². The number of nitrogens with zero attached hydrogens (tertiary/aromatic N) is 6. The van der Waals surface area contributed by atoms with Crippen LogP contribution < -0.4 is 10.2 Å². The Morgan fingerprint density at radius 3 is 2.67 bits per heavy atom. The predicted molar refractivity (Wildman–Crippen MR) is 81.6 cm³/mol. The highest BCUT2D eigenvalue weighted by Gasteiger charge is 2.16. The first kappa shape index (κ1) is 14.0. The highest BCUT2D eigenvalue weighted by molar-refractivity contribution is 7.99. The van der Waals surface area contributed by atoms with Gasteiger partial charge in [0.25, 0.3) is 0 Å². The zero-order valence-corrected chi connectivity index (χ0v) is 12.7. The van der Waals surface area contributed by atoms with Gasteiger partial charge in [-0.3, -0.25) is 4.98 Å². The summed E-state index contributed by atoms with van der Waals surface area (Å²) in [5.74, 6) is 1.32. The van der Waals surface area contributed by atoms with Crippen LogP contribution in [0.5, 0.6) is 0 Å². The van der Waals surface area contributed by atoms with Crippen molar-refractivity contribution in [3.8, 4) is 0 Å². The number of hydrogen-bond donors (Lipinski definition) is 1. The molecule has 7 nitrogen and oxygen atoms in total. The summed E-state index contributed by atoms with van der Waals surface area (Å²) < 4.78 is 0. The fourth-order valence-electron chi connectivity index (χ4n) is 2.17. The number of aromatic nitrogens is 5. The Labute approximate surface area is 127 Å². The highest BCUT2D eigenvalue weighted by Crippen LogP contribution is 2.25. The Bertz CT molecular complexity index is 586. The number of anilines is 2. The Balaban J connectivity index is 1.85. The monoisotopic (exact) mass is 303 g/mol. The molecule has 1 aliphatic rings. The van der Waals surface area contributed by atoms with Crippen LogP contribution in [0.4, 0.5) is 11.9 Å². The molecule has 3 rings (SSSR count). The van der Waals surface area contributed by atoms with Crippen molar-refractivity contribution in [1.29, 1.82) is 0 Å². The van der Waals surface area contributed by atoms with Crippen molar-refractivity contribution in [1.82, 2.24) is 24.9 Å². The normalized spacial score (nSPS) is 15.0. The van der Waals surface area contributed by atoms with Gasteiger partial charge in [0.1, 0.15) is 5.03 Å². The summed E-state index contributed by atoms with van der Waals surface area (Å²) in [5.41, 5.74) is 0. The molecule has 0 aliphatic carbocycles. The van der Waals surface area contributed by atoms with Crippen molar-refractivity contribution in [2.45, 2.75) is 29.4 Å². The van der Waals surface area contributed by atoms with E-state index in [-0.39, 0.29) is 0 Å². The van der Waals surface area contributed by atoms with Crippen molar-refractivity contribution < 1.29 is 0 Å². The van der Waals surface area contributed by atoms with Crippen LogP contribution in [0.3, 0.4) is 0 Å². The summed E-state index contributed by atoms with van der Waals surface area (Å²) in [6.45, 7) is 2.00. The lowest BCUT2D eigenvalue weighted by Crippen LogP contribution is -2.31. The number of rotatable bonds is 4. The molecular formula is C13H17N7S. The number of piperidine rings is 1. The van der Waals surface area contributed by atoms with Crippen molar-refractivity contribution >= 4 is 23.7 Å². The van der Waals surface area contributed by atoms with Gasteiger partial charge in [0, 0.05) is 32.5 Å². The van der Waals surface area contributed by atoms with Crippen LogP contribution in [0.25, 0.3) is 0 Å². The molecule has 0 spiro atoms. The molecule has 1 aliphatic heterocycles. The average molecular weight is 303 g/mol. The topological polar surface area (TPSA) is 79.7 Å². The highest BCUT2D eigenvalue weighted by atomic mass is 32.2. The molecule has 0 unspecified atom stereocenters. The van der Waals surface area contributed by atoms with Crippen LogP contribution in [-0.4, -0.2) is 45.1 Å². The van der Waals surface area contributed by atoms with Gasteiger partial charge in [0.05, 0.1) is 6.20 Å². The van der Waals surface area contributed by atoms with E-state index >= 15 is 0 Å². The fraction of sp³-hybridized carbons (Fsp3) is 0.462. The SMILES string of the molecule is CNc1nc(Sc2cnccn2)nc(N2CCCCC2)n1.